The van der Waals surface area contributed by atoms with E-state index in [9.17, 15) is 0 Å². The summed E-state index contributed by atoms with van der Waals surface area (Å²) >= 11 is 0. The minimum Gasteiger partial charge on any atom is -0.494 e. The van der Waals surface area contributed by atoms with Crippen molar-refractivity contribution in [3.05, 3.63) is 30.3 Å². The van der Waals surface area contributed by atoms with E-state index in [1.807, 2.05) is 30.3 Å². The van der Waals surface area contributed by atoms with Gasteiger partial charge < -0.3 is 10.1 Å². The molecule has 1 aliphatic rings. The second kappa shape index (κ2) is 8.98. The molecule has 19 heavy (non-hydrogen) atoms. The predicted octanol–water partition coefficient (Wildman–Crippen LogP) is 4.02. The van der Waals surface area contributed by atoms with E-state index in [4.69, 9.17) is 4.74 Å². The first kappa shape index (κ1) is 14.4. The number of benzene rings is 1. The highest BCUT2D eigenvalue weighted by molar-refractivity contribution is 5.20. The molecule has 0 aliphatic heterocycles. The molecular weight excluding hydrogens is 234 g/mol. The largest absolute Gasteiger partial charge is 0.494 e. The van der Waals surface area contributed by atoms with Gasteiger partial charge in [0.15, 0.2) is 0 Å². The lowest BCUT2D eigenvalue weighted by Gasteiger charge is -2.21. The molecule has 0 atom stereocenters. The average Bonchev–Trinajstić information content (AvgIpc) is 2.48. The maximum atomic E-state index is 5.66. The molecular formula is C17H27NO. The first-order valence-electron chi connectivity index (χ1n) is 7.84. The molecule has 1 aromatic rings. The minimum atomic E-state index is 0.806. The van der Waals surface area contributed by atoms with Crippen molar-refractivity contribution >= 4 is 0 Å². The van der Waals surface area contributed by atoms with Gasteiger partial charge in [-0.3, -0.25) is 0 Å². The maximum Gasteiger partial charge on any atom is 0.119 e. The minimum absolute atomic E-state index is 0.806. The van der Waals surface area contributed by atoms with E-state index >= 15 is 0 Å². The van der Waals surface area contributed by atoms with Crippen LogP contribution in [-0.4, -0.2) is 19.7 Å². The molecule has 1 aromatic carbocycles. The number of hydrogen-bond acceptors (Lipinski definition) is 2. The lowest BCUT2D eigenvalue weighted by Crippen LogP contribution is -2.21. The monoisotopic (exact) mass is 261 g/mol. The second-order valence-corrected chi connectivity index (χ2v) is 5.56. The van der Waals surface area contributed by atoms with Crippen LogP contribution in [-0.2, 0) is 0 Å². The van der Waals surface area contributed by atoms with Crippen LogP contribution in [0.15, 0.2) is 30.3 Å². The van der Waals surface area contributed by atoms with Crippen LogP contribution in [0.2, 0.25) is 0 Å². The van der Waals surface area contributed by atoms with Crippen LogP contribution in [0, 0.1) is 5.92 Å². The van der Waals surface area contributed by atoms with Crippen molar-refractivity contribution in [3.63, 3.8) is 0 Å². The van der Waals surface area contributed by atoms with Crippen LogP contribution in [0.25, 0.3) is 0 Å². The smallest absolute Gasteiger partial charge is 0.119 e. The van der Waals surface area contributed by atoms with Crippen molar-refractivity contribution in [3.8, 4) is 5.75 Å². The van der Waals surface area contributed by atoms with E-state index < -0.39 is 0 Å². The Morgan fingerprint density at radius 2 is 1.79 bits per heavy atom. The van der Waals surface area contributed by atoms with Crippen LogP contribution in [0.1, 0.15) is 44.9 Å². The Kier molecular flexibility index (Phi) is 6.80. The fourth-order valence-electron chi connectivity index (χ4n) is 2.81. The van der Waals surface area contributed by atoms with Gasteiger partial charge in [0.1, 0.15) is 5.75 Å². The number of rotatable bonds is 8. The van der Waals surface area contributed by atoms with Crippen molar-refractivity contribution in [1.29, 1.82) is 0 Å². The maximum absolute atomic E-state index is 5.66. The Bertz CT molecular complexity index is 319. The van der Waals surface area contributed by atoms with Gasteiger partial charge in [0, 0.05) is 0 Å². The SMILES string of the molecule is c1ccc(OCCCNCCC2CCCCC2)cc1. The van der Waals surface area contributed by atoms with Crippen LogP contribution in [0.3, 0.4) is 0 Å². The third-order valence-electron chi connectivity index (χ3n) is 3.96. The summed E-state index contributed by atoms with van der Waals surface area (Å²) in [6.45, 7) is 3.05. The first-order valence-corrected chi connectivity index (χ1v) is 7.84. The molecule has 106 valence electrons. The van der Waals surface area contributed by atoms with E-state index in [1.165, 1.54) is 45.1 Å². The van der Waals surface area contributed by atoms with Gasteiger partial charge in [-0.1, -0.05) is 50.3 Å². The van der Waals surface area contributed by atoms with Gasteiger partial charge in [-0.2, -0.15) is 0 Å². The van der Waals surface area contributed by atoms with Gasteiger partial charge in [-0.15, -0.1) is 0 Å². The fourth-order valence-corrected chi connectivity index (χ4v) is 2.81. The lowest BCUT2D eigenvalue weighted by atomic mass is 9.87. The van der Waals surface area contributed by atoms with Gasteiger partial charge in [0.05, 0.1) is 6.61 Å². The zero-order valence-corrected chi connectivity index (χ0v) is 11.9. The van der Waals surface area contributed by atoms with Crippen LogP contribution >= 0.6 is 0 Å². The molecule has 1 saturated carbocycles. The Morgan fingerprint density at radius 3 is 2.58 bits per heavy atom. The van der Waals surface area contributed by atoms with Crippen molar-refractivity contribution < 1.29 is 4.74 Å². The highest BCUT2D eigenvalue weighted by Crippen LogP contribution is 2.25. The lowest BCUT2D eigenvalue weighted by molar-refractivity contribution is 0.303. The molecule has 0 saturated heterocycles. The molecule has 2 heteroatoms. The Labute approximate surface area is 117 Å². The molecule has 0 bridgehead atoms. The predicted molar refractivity (Wildman–Crippen MR) is 80.6 cm³/mol. The van der Waals surface area contributed by atoms with Crippen molar-refractivity contribution in [1.82, 2.24) is 5.32 Å². The molecule has 0 unspecified atom stereocenters. The summed E-state index contributed by atoms with van der Waals surface area (Å²) in [7, 11) is 0. The summed E-state index contributed by atoms with van der Waals surface area (Å²) in [6, 6.07) is 10.1. The molecule has 0 aromatic heterocycles. The van der Waals surface area contributed by atoms with E-state index in [0.717, 1.165) is 31.2 Å². The highest BCUT2D eigenvalue weighted by atomic mass is 16.5. The second-order valence-electron chi connectivity index (χ2n) is 5.56. The Balaban J connectivity index is 1.42. The standard InChI is InChI=1S/C17H27NO/c1-3-8-16(9-4-1)12-14-18-13-7-15-19-17-10-5-2-6-11-17/h2,5-6,10-11,16,18H,1,3-4,7-9,12-15H2. The fraction of sp³-hybridized carbons (Fsp3) is 0.647. The molecule has 0 spiro atoms. The molecule has 2 rings (SSSR count). The summed E-state index contributed by atoms with van der Waals surface area (Å²) < 4.78 is 5.66. The van der Waals surface area contributed by atoms with Crippen molar-refractivity contribution in [2.45, 2.75) is 44.9 Å². The normalized spacial score (nSPS) is 16.4. The topological polar surface area (TPSA) is 21.3 Å². The zero-order valence-electron chi connectivity index (χ0n) is 11.9. The quantitative estimate of drug-likeness (QED) is 0.714. The molecule has 2 nitrogen and oxygen atoms in total. The van der Waals surface area contributed by atoms with Crippen molar-refractivity contribution in [2.24, 2.45) is 5.92 Å². The van der Waals surface area contributed by atoms with Gasteiger partial charge >= 0.3 is 0 Å². The molecule has 1 aliphatic carbocycles. The Morgan fingerprint density at radius 1 is 1.00 bits per heavy atom. The average molecular weight is 261 g/mol. The van der Waals surface area contributed by atoms with Crippen LogP contribution in [0.5, 0.6) is 5.75 Å². The van der Waals surface area contributed by atoms with Gasteiger partial charge in [0.25, 0.3) is 0 Å². The molecule has 1 N–H and O–H groups in total. The summed E-state index contributed by atoms with van der Waals surface area (Å²) in [5.74, 6) is 1.96. The third kappa shape index (κ3) is 6.11. The van der Waals surface area contributed by atoms with E-state index in [0.29, 0.717) is 0 Å². The number of ether oxygens (including phenoxy) is 1. The number of nitrogens with one attached hydrogen (secondary N) is 1. The summed E-state index contributed by atoms with van der Waals surface area (Å²) in [5, 5.41) is 3.54. The van der Waals surface area contributed by atoms with Crippen LogP contribution < -0.4 is 10.1 Å². The third-order valence-corrected chi connectivity index (χ3v) is 3.96. The van der Waals surface area contributed by atoms with Gasteiger partial charge in [0.2, 0.25) is 0 Å². The number of para-hydroxylation sites is 1. The van der Waals surface area contributed by atoms with Gasteiger partial charge in [-0.25, -0.2) is 0 Å². The summed E-state index contributed by atoms with van der Waals surface area (Å²) in [5.41, 5.74) is 0. The van der Waals surface area contributed by atoms with E-state index in [2.05, 4.69) is 5.32 Å². The first-order chi connectivity index (χ1) is 9.45. The molecule has 0 amide bonds. The Hall–Kier alpha value is -1.02. The van der Waals surface area contributed by atoms with E-state index in [-0.39, 0.29) is 0 Å². The molecule has 1 fully saturated rings. The summed E-state index contributed by atoms with van der Waals surface area (Å²) in [4.78, 5) is 0. The van der Waals surface area contributed by atoms with Gasteiger partial charge in [-0.05, 0) is 44.0 Å². The number of hydrogen-bond donors (Lipinski definition) is 1. The van der Waals surface area contributed by atoms with E-state index in [1.54, 1.807) is 0 Å². The highest BCUT2D eigenvalue weighted by Gasteiger charge is 2.12. The molecule has 0 radical (unpaired) electrons. The van der Waals surface area contributed by atoms with Crippen LogP contribution in [0.4, 0.5) is 0 Å². The van der Waals surface area contributed by atoms with Crippen molar-refractivity contribution in [2.75, 3.05) is 19.7 Å². The zero-order chi connectivity index (χ0) is 13.2. The summed E-state index contributed by atoms with van der Waals surface area (Å²) in [6.07, 6.45) is 9.72. The molecule has 0 heterocycles.